The van der Waals surface area contributed by atoms with E-state index < -0.39 is 17.5 Å². The minimum atomic E-state index is -2.86. The molecule has 60 valence electrons. The summed E-state index contributed by atoms with van der Waals surface area (Å²) >= 11 is 0. The average molecular weight is 161 g/mol. The summed E-state index contributed by atoms with van der Waals surface area (Å²) < 4.78 is 23.8. The van der Waals surface area contributed by atoms with Gasteiger partial charge in [-0.25, -0.2) is 8.78 Å². The minimum absolute atomic E-state index is 0.375. The van der Waals surface area contributed by atoms with Gasteiger partial charge in [-0.2, -0.15) is 0 Å². The first-order valence-corrected chi connectivity index (χ1v) is 2.81. The Morgan fingerprint density at radius 3 is 2.64 bits per heavy atom. The van der Waals surface area contributed by atoms with Gasteiger partial charge in [-0.05, 0) is 6.07 Å². The number of hydrogen-bond donors (Lipinski definition) is 2. The number of aromatic nitrogens is 1. The molecule has 1 heterocycles. The molecular weight excluding hydrogens is 156 g/mol. The largest absolute Gasteiger partial charge is 0.506 e. The van der Waals surface area contributed by atoms with Gasteiger partial charge in [0.25, 0.3) is 12.0 Å². The first-order chi connectivity index (χ1) is 5.11. The van der Waals surface area contributed by atoms with Gasteiger partial charge in [0, 0.05) is 6.20 Å². The van der Waals surface area contributed by atoms with Gasteiger partial charge in [-0.3, -0.25) is 4.79 Å². The number of H-pyrrole nitrogens is 1. The maximum atomic E-state index is 11.9. The Morgan fingerprint density at radius 2 is 2.18 bits per heavy atom. The van der Waals surface area contributed by atoms with Gasteiger partial charge < -0.3 is 10.1 Å². The third-order valence-electron chi connectivity index (χ3n) is 1.15. The minimum Gasteiger partial charge on any atom is -0.506 e. The number of alkyl halides is 2. The number of halogens is 2. The maximum absolute atomic E-state index is 11.9. The van der Waals surface area contributed by atoms with Crippen LogP contribution in [-0.2, 0) is 0 Å². The van der Waals surface area contributed by atoms with Gasteiger partial charge in [0.15, 0.2) is 0 Å². The number of aromatic amines is 1. The predicted molar refractivity (Wildman–Crippen MR) is 33.7 cm³/mol. The lowest BCUT2D eigenvalue weighted by Crippen LogP contribution is -2.11. The lowest BCUT2D eigenvalue weighted by molar-refractivity contribution is 0.149. The van der Waals surface area contributed by atoms with E-state index in [0.29, 0.717) is 0 Å². The third kappa shape index (κ3) is 1.54. The summed E-state index contributed by atoms with van der Waals surface area (Å²) in [6.07, 6.45) is -1.90. The highest BCUT2D eigenvalue weighted by Gasteiger charge is 2.11. The molecule has 0 aliphatic carbocycles. The van der Waals surface area contributed by atoms with Crippen LogP contribution >= 0.6 is 0 Å². The molecule has 0 fully saturated rings. The van der Waals surface area contributed by atoms with E-state index in [2.05, 4.69) is 0 Å². The molecule has 11 heavy (non-hydrogen) atoms. The van der Waals surface area contributed by atoms with Gasteiger partial charge >= 0.3 is 0 Å². The Labute approximate surface area is 60.3 Å². The molecule has 1 aromatic heterocycles. The number of nitrogens with one attached hydrogen (secondary N) is 1. The third-order valence-corrected chi connectivity index (χ3v) is 1.15. The smallest absolute Gasteiger partial charge is 0.269 e. The molecule has 0 aliphatic heterocycles. The van der Waals surface area contributed by atoms with Crippen LogP contribution in [0, 0.1) is 0 Å². The van der Waals surface area contributed by atoms with Crippen LogP contribution in [0.3, 0.4) is 0 Å². The fraction of sp³-hybridized carbons (Fsp3) is 0.167. The highest BCUT2D eigenvalue weighted by Crippen LogP contribution is 2.17. The summed E-state index contributed by atoms with van der Waals surface area (Å²) in [6, 6.07) is 0.740. The second kappa shape index (κ2) is 2.69. The van der Waals surface area contributed by atoms with Crippen LogP contribution in [-0.4, -0.2) is 10.1 Å². The zero-order chi connectivity index (χ0) is 8.43. The fourth-order valence-electron chi connectivity index (χ4n) is 0.651. The van der Waals surface area contributed by atoms with Crippen LogP contribution in [0.15, 0.2) is 17.1 Å². The monoisotopic (exact) mass is 161 g/mol. The van der Waals surface area contributed by atoms with Crippen molar-refractivity contribution >= 4 is 0 Å². The molecule has 0 saturated carbocycles. The Balaban J connectivity index is 3.24. The Hall–Kier alpha value is -1.39. The predicted octanol–water partition coefficient (Wildman–Crippen LogP) is 1.02. The quantitative estimate of drug-likeness (QED) is 0.646. The van der Waals surface area contributed by atoms with Gasteiger partial charge in [-0.15, -0.1) is 0 Å². The van der Waals surface area contributed by atoms with Crippen molar-refractivity contribution in [3.05, 3.63) is 28.2 Å². The molecule has 1 aromatic rings. The molecule has 3 nitrogen and oxygen atoms in total. The van der Waals surface area contributed by atoms with E-state index in [1.54, 1.807) is 0 Å². The van der Waals surface area contributed by atoms with E-state index >= 15 is 0 Å². The molecule has 0 saturated heterocycles. The van der Waals surface area contributed by atoms with Crippen LogP contribution in [0.25, 0.3) is 0 Å². The summed E-state index contributed by atoms with van der Waals surface area (Å²) in [4.78, 5) is 12.5. The van der Waals surface area contributed by atoms with Crippen molar-refractivity contribution in [1.82, 2.24) is 4.98 Å². The molecule has 0 radical (unpaired) electrons. The molecule has 0 amide bonds. The summed E-state index contributed by atoms with van der Waals surface area (Å²) in [5, 5.41) is 8.68. The van der Waals surface area contributed by atoms with Crippen molar-refractivity contribution in [2.24, 2.45) is 0 Å². The first kappa shape index (κ1) is 7.71. The maximum Gasteiger partial charge on any atom is 0.269 e. The summed E-state index contributed by atoms with van der Waals surface area (Å²) in [6.45, 7) is 0. The van der Waals surface area contributed by atoms with Gasteiger partial charge in [0.05, 0.1) is 5.56 Å². The van der Waals surface area contributed by atoms with Gasteiger partial charge in [0.2, 0.25) is 0 Å². The topological polar surface area (TPSA) is 53.1 Å². The zero-order valence-electron chi connectivity index (χ0n) is 5.34. The van der Waals surface area contributed by atoms with Crippen LogP contribution in [0.1, 0.15) is 12.0 Å². The average Bonchev–Trinajstić information content (AvgIpc) is 1.94. The second-order valence-electron chi connectivity index (χ2n) is 1.94. The Morgan fingerprint density at radius 1 is 1.55 bits per heavy atom. The molecule has 1 rings (SSSR count). The first-order valence-electron chi connectivity index (χ1n) is 2.81. The molecule has 0 unspecified atom stereocenters. The van der Waals surface area contributed by atoms with Crippen LogP contribution in [0.5, 0.6) is 5.75 Å². The van der Waals surface area contributed by atoms with Crippen LogP contribution in [0.2, 0.25) is 0 Å². The van der Waals surface area contributed by atoms with Gasteiger partial charge in [-0.1, -0.05) is 0 Å². The highest BCUT2D eigenvalue weighted by atomic mass is 19.3. The Bertz CT molecular complexity index is 308. The summed E-state index contributed by atoms with van der Waals surface area (Å²) in [7, 11) is 0. The van der Waals surface area contributed by atoms with E-state index in [1.165, 1.54) is 0 Å². The molecule has 0 aromatic carbocycles. The van der Waals surface area contributed by atoms with E-state index in [0.717, 1.165) is 12.3 Å². The molecule has 0 aliphatic rings. The number of aromatic hydroxyl groups is 1. The number of rotatable bonds is 1. The molecular formula is C6H5F2NO2. The van der Waals surface area contributed by atoms with Crippen molar-refractivity contribution in [3.8, 4) is 5.75 Å². The highest BCUT2D eigenvalue weighted by molar-refractivity contribution is 5.22. The van der Waals surface area contributed by atoms with Crippen molar-refractivity contribution in [3.63, 3.8) is 0 Å². The van der Waals surface area contributed by atoms with E-state index in [9.17, 15) is 13.6 Å². The normalized spacial score (nSPS) is 10.5. The molecule has 2 N–H and O–H groups in total. The summed E-state index contributed by atoms with van der Waals surface area (Å²) in [5.41, 5.74) is -1.59. The lowest BCUT2D eigenvalue weighted by atomic mass is 10.3. The fourth-order valence-corrected chi connectivity index (χ4v) is 0.651. The SMILES string of the molecule is O=c1[nH]cc(O)cc1C(F)F. The van der Waals surface area contributed by atoms with Crippen LogP contribution in [0.4, 0.5) is 8.78 Å². The van der Waals surface area contributed by atoms with Gasteiger partial charge in [0.1, 0.15) is 5.75 Å². The summed E-state index contributed by atoms with van der Waals surface area (Å²) in [5.74, 6) is -0.375. The second-order valence-corrected chi connectivity index (χ2v) is 1.94. The van der Waals surface area contributed by atoms with Crippen molar-refractivity contribution in [1.29, 1.82) is 0 Å². The zero-order valence-corrected chi connectivity index (χ0v) is 5.34. The van der Waals surface area contributed by atoms with Crippen molar-refractivity contribution < 1.29 is 13.9 Å². The van der Waals surface area contributed by atoms with Crippen molar-refractivity contribution in [2.75, 3.05) is 0 Å². The van der Waals surface area contributed by atoms with Crippen LogP contribution < -0.4 is 5.56 Å². The number of hydrogen-bond acceptors (Lipinski definition) is 2. The molecule has 0 atom stereocenters. The van der Waals surface area contributed by atoms with Crippen molar-refractivity contribution in [2.45, 2.75) is 6.43 Å². The lowest BCUT2D eigenvalue weighted by Gasteiger charge is -1.97. The van der Waals surface area contributed by atoms with E-state index in [-0.39, 0.29) is 5.75 Å². The Kier molecular flexibility index (Phi) is 1.89. The standard InChI is InChI=1S/C6H5F2NO2/c7-5(8)4-1-3(10)2-9-6(4)11/h1-2,5,10H,(H,9,11). The van der Waals surface area contributed by atoms with E-state index in [4.69, 9.17) is 5.11 Å². The number of pyridine rings is 1. The molecule has 0 bridgehead atoms. The molecule has 5 heteroatoms. The molecule has 0 spiro atoms. The van der Waals surface area contributed by atoms with E-state index in [1.807, 2.05) is 4.98 Å².